The average Bonchev–Trinajstić information content (AvgIpc) is 2.30. The fourth-order valence-electron chi connectivity index (χ4n) is 1.05. The molecule has 1 rings (SSSR count). The summed E-state index contributed by atoms with van der Waals surface area (Å²) in [5.41, 5.74) is 6.58. The number of aliphatic hydroxyl groups excluding tert-OH is 1. The number of nitrogens with two attached hydrogens (primary N) is 1. The second-order valence-electron chi connectivity index (χ2n) is 2.78. The lowest BCUT2D eigenvalue weighted by Crippen LogP contribution is -2.07. The summed E-state index contributed by atoms with van der Waals surface area (Å²) in [6.45, 7) is -0.0901. The summed E-state index contributed by atoms with van der Waals surface area (Å²) in [6.07, 6.45) is 2.62. The van der Waals surface area contributed by atoms with Crippen LogP contribution in [0.25, 0.3) is 5.57 Å². The molecular weight excluding hydrogens is 196 g/mol. The van der Waals surface area contributed by atoms with E-state index in [9.17, 15) is 4.79 Å². The Bertz CT molecular complexity index is 371. The first-order valence-corrected chi connectivity index (χ1v) is 4.29. The molecule has 0 bridgehead atoms. The lowest BCUT2D eigenvalue weighted by atomic mass is 10.1. The monoisotopic (exact) mass is 208 g/mol. The fourth-order valence-corrected chi connectivity index (χ4v) is 1.05. The topological polar surface area (TPSA) is 85.4 Å². The summed E-state index contributed by atoms with van der Waals surface area (Å²) in [5.74, 6) is -0.540. The first kappa shape index (κ1) is 11.2. The third-order valence-corrected chi connectivity index (χ3v) is 1.86. The number of pyridine rings is 1. The minimum Gasteiger partial charge on any atom is -0.465 e. The largest absolute Gasteiger partial charge is 0.465 e. The van der Waals surface area contributed by atoms with Gasteiger partial charge in [-0.15, -0.1) is 0 Å². The van der Waals surface area contributed by atoms with Crippen LogP contribution < -0.4 is 5.73 Å². The molecule has 0 atom stereocenters. The highest BCUT2D eigenvalue weighted by atomic mass is 16.5. The predicted molar refractivity (Wildman–Crippen MR) is 54.3 cm³/mol. The Morgan fingerprint density at radius 3 is 2.80 bits per heavy atom. The lowest BCUT2D eigenvalue weighted by molar-refractivity contribution is -0.133. The second kappa shape index (κ2) is 5.11. The van der Waals surface area contributed by atoms with Crippen molar-refractivity contribution in [2.45, 2.75) is 6.61 Å². The molecule has 1 aromatic heterocycles. The molecule has 0 saturated heterocycles. The Morgan fingerprint density at radius 1 is 1.67 bits per heavy atom. The van der Waals surface area contributed by atoms with Crippen molar-refractivity contribution in [3.8, 4) is 0 Å². The Hall–Kier alpha value is -1.88. The van der Waals surface area contributed by atoms with Gasteiger partial charge in [0.15, 0.2) is 0 Å². The standard InChI is InChI=1S/C10H12N2O3/c1-15-10(14)8(4-11)9-3-2-7(6-13)5-12-9/h2-5,13H,6,11H2,1H3/b8-4+. The summed E-state index contributed by atoms with van der Waals surface area (Å²) >= 11 is 0. The predicted octanol–water partition coefficient (Wildman–Crippen LogP) is 0.0465. The Labute approximate surface area is 87.2 Å². The van der Waals surface area contributed by atoms with Gasteiger partial charge in [0.1, 0.15) is 5.57 Å². The molecule has 15 heavy (non-hydrogen) atoms. The van der Waals surface area contributed by atoms with Gasteiger partial charge < -0.3 is 15.6 Å². The minimum absolute atomic E-state index is 0.0901. The molecule has 0 saturated carbocycles. The Morgan fingerprint density at radius 2 is 2.40 bits per heavy atom. The van der Waals surface area contributed by atoms with Crippen molar-refractivity contribution in [3.05, 3.63) is 35.8 Å². The van der Waals surface area contributed by atoms with Crippen LogP contribution in [0.5, 0.6) is 0 Å². The summed E-state index contributed by atoms with van der Waals surface area (Å²) in [7, 11) is 1.27. The van der Waals surface area contributed by atoms with E-state index in [-0.39, 0.29) is 12.2 Å². The van der Waals surface area contributed by atoms with Crippen molar-refractivity contribution in [3.63, 3.8) is 0 Å². The quantitative estimate of drug-likeness (QED) is 0.541. The van der Waals surface area contributed by atoms with Crippen molar-refractivity contribution in [1.82, 2.24) is 4.98 Å². The Balaban J connectivity index is 2.99. The van der Waals surface area contributed by atoms with Gasteiger partial charge in [-0.3, -0.25) is 4.98 Å². The normalized spacial score (nSPS) is 11.2. The van der Waals surface area contributed by atoms with E-state index in [1.807, 2.05) is 0 Å². The zero-order valence-corrected chi connectivity index (χ0v) is 8.30. The minimum atomic E-state index is -0.540. The first-order valence-electron chi connectivity index (χ1n) is 4.29. The number of carbonyl (C=O) groups is 1. The van der Waals surface area contributed by atoms with Crippen LogP contribution in [0.3, 0.4) is 0 Å². The number of aliphatic hydroxyl groups is 1. The van der Waals surface area contributed by atoms with E-state index < -0.39 is 5.97 Å². The maximum atomic E-state index is 11.2. The highest BCUT2D eigenvalue weighted by Crippen LogP contribution is 2.12. The first-order chi connectivity index (χ1) is 7.22. The van der Waals surface area contributed by atoms with Crippen molar-refractivity contribution in [2.75, 3.05) is 7.11 Å². The van der Waals surface area contributed by atoms with E-state index in [0.29, 0.717) is 11.3 Å². The molecular formula is C10H12N2O3. The highest BCUT2D eigenvalue weighted by molar-refractivity contribution is 6.15. The van der Waals surface area contributed by atoms with Crippen molar-refractivity contribution in [2.24, 2.45) is 5.73 Å². The van der Waals surface area contributed by atoms with Gasteiger partial charge in [-0.2, -0.15) is 0 Å². The number of ether oxygens (including phenoxy) is 1. The SMILES string of the molecule is COC(=O)/C(=C/N)c1ccc(CO)cn1. The number of hydrogen-bond acceptors (Lipinski definition) is 5. The van der Waals surface area contributed by atoms with Crippen LogP contribution in [0.15, 0.2) is 24.5 Å². The van der Waals surface area contributed by atoms with Gasteiger partial charge in [-0.25, -0.2) is 4.79 Å². The summed E-state index contributed by atoms with van der Waals surface area (Å²) in [5, 5.41) is 8.81. The number of methoxy groups -OCH3 is 1. The molecule has 80 valence electrons. The number of carbonyl (C=O) groups excluding carboxylic acids is 1. The molecule has 5 heteroatoms. The van der Waals surface area contributed by atoms with E-state index >= 15 is 0 Å². The van der Waals surface area contributed by atoms with E-state index in [1.165, 1.54) is 13.3 Å². The fraction of sp³-hybridized carbons (Fsp3) is 0.200. The number of esters is 1. The second-order valence-corrected chi connectivity index (χ2v) is 2.78. The third kappa shape index (κ3) is 2.54. The van der Waals surface area contributed by atoms with Crippen molar-refractivity contribution in [1.29, 1.82) is 0 Å². The molecule has 0 amide bonds. The molecule has 1 aromatic rings. The van der Waals surface area contributed by atoms with Gasteiger partial charge in [0.2, 0.25) is 0 Å². The molecule has 5 nitrogen and oxygen atoms in total. The molecule has 0 aliphatic carbocycles. The summed E-state index contributed by atoms with van der Waals surface area (Å²) in [4.78, 5) is 15.2. The molecule has 0 aromatic carbocycles. The molecule has 0 fully saturated rings. The molecule has 0 unspecified atom stereocenters. The molecule has 0 spiro atoms. The average molecular weight is 208 g/mol. The summed E-state index contributed by atoms with van der Waals surface area (Å²) < 4.78 is 4.54. The molecule has 0 radical (unpaired) electrons. The highest BCUT2D eigenvalue weighted by Gasteiger charge is 2.12. The van der Waals surface area contributed by atoms with Gasteiger partial charge in [0.25, 0.3) is 0 Å². The molecule has 1 heterocycles. The van der Waals surface area contributed by atoms with Gasteiger partial charge in [0.05, 0.1) is 19.4 Å². The number of aromatic nitrogens is 1. The number of rotatable bonds is 3. The van der Waals surface area contributed by atoms with Gasteiger partial charge in [0, 0.05) is 12.4 Å². The zero-order chi connectivity index (χ0) is 11.3. The molecule has 0 aliphatic rings. The van der Waals surface area contributed by atoms with Crippen LogP contribution in [-0.2, 0) is 16.1 Å². The van der Waals surface area contributed by atoms with Crippen LogP contribution in [0.2, 0.25) is 0 Å². The van der Waals surface area contributed by atoms with Crippen LogP contribution in [-0.4, -0.2) is 23.2 Å². The third-order valence-electron chi connectivity index (χ3n) is 1.86. The van der Waals surface area contributed by atoms with Crippen LogP contribution >= 0.6 is 0 Å². The number of nitrogens with zero attached hydrogens (tertiary/aromatic N) is 1. The van der Waals surface area contributed by atoms with Gasteiger partial charge in [-0.05, 0) is 11.6 Å². The van der Waals surface area contributed by atoms with Crippen LogP contribution in [0.4, 0.5) is 0 Å². The maximum Gasteiger partial charge on any atom is 0.341 e. The Kier molecular flexibility index (Phi) is 3.82. The van der Waals surface area contributed by atoms with Crippen LogP contribution in [0.1, 0.15) is 11.3 Å². The van der Waals surface area contributed by atoms with Crippen molar-refractivity contribution < 1.29 is 14.6 Å². The smallest absolute Gasteiger partial charge is 0.341 e. The zero-order valence-electron chi connectivity index (χ0n) is 8.30. The van der Waals surface area contributed by atoms with E-state index in [2.05, 4.69) is 9.72 Å². The summed E-state index contributed by atoms with van der Waals surface area (Å²) in [6, 6.07) is 3.26. The molecule has 0 aliphatic heterocycles. The van der Waals surface area contributed by atoms with E-state index in [0.717, 1.165) is 6.20 Å². The van der Waals surface area contributed by atoms with Gasteiger partial charge in [-0.1, -0.05) is 6.07 Å². The maximum absolute atomic E-state index is 11.2. The lowest BCUT2D eigenvalue weighted by Gasteiger charge is -2.04. The molecule has 3 N–H and O–H groups in total. The van der Waals surface area contributed by atoms with Crippen LogP contribution in [0, 0.1) is 0 Å². The number of hydrogen-bond donors (Lipinski definition) is 2. The van der Waals surface area contributed by atoms with E-state index in [1.54, 1.807) is 12.1 Å². The van der Waals surface area contributed by atoms with E-state index in [4.69, 9.17) is 10.8 Å². The van der Waals surface area contributed by atoms with Gasteiger partial charge >= 0.3 is 5.97 Å². The van der Waals surface area contributed by atoms with Crippen molar-refractivity contribution >= 4 is 11.5 Å².